The lowest BCUT2D eigenvalue weighted by atomic mass is 9.95. The summed E-state index contributed by atoms with van der Waals surface area (Å²) in [7, 11) is 0. The highest BCUT2D eigenvalue weighted by atomic mass is 79.9. The zero-order valence-corrected chi connectivity index (χ0v) is 22.6. The Morgan fingerprint density at radius 2 is 2.03 bits per heavy atom. The van der Waals surface area contributed by atoms with Crippen LogP contribution in [0.2, 0.25) is 0 Å². The zero-order valence-electron chi connectivity index (χ0n) is 20.2. The molecule has 1 aliphatic carbocycles. The van der Waals surface area contributed by atoms with Gasteiger partial charge in [0.15, 0.2) is 0 Å². The summed E-state index contributed by atoms with van der Waals surface area (Å²) in [5.41, 5.74) is 2.51. The Morgan fingerprint density at radius 1 is 1.22 bits per heavy atom. The van der Waals surface area contributed by atoms with E-state index in [0.29, 0.717) is 42.0 Å². The van der Waals surface area contributed by atoms with Crippen molar-refractivity contribution >= 4 is 44.1 Å². The summed E-state index contributed by atoms with van der Waals surface area (Å²) in [4.78, 5) is 33.9. The molecule has 3 aromatic rings. The fourth-order valence-corrected chi connectivity index (χ4v) is 6.47. The Bertz CT molecular complexity index is 1240. The fourth-order valence-electron chi connectivity index (χ4n) is 4.93. The average molecular weight is 574 g/mol. The summed E-state index contributed by atoms with van der Waals surface area (Å²) in [5.74, 6) is 0.517. The van der Waals surface area contributed by atoms with Crippen molar-refractivity contribution < 1.29 is 18.8 Å². The maximum Gasteiger partial charge on any atom is 0.341 e. The van der Waals surface area contributed by atoms with Crippen LogP contribution in [-0.2, 0) is 28.9 Å². The highest BCUT2D eigenvalue weighted by Crippen LogP contribution is 2.39. The van der Waals surface area contributed by atoms with E-state index in [-0.39, 0.29) is 17.8 Å². The van der Waals surface area contributed by atoms with Crippen LogP contribution in [0.5, 0.6) is 0 Å². The van der Waals surface area contributed by atoms with Gasteiger partial charge in [-0.2, -0.15) is 4.98 Å². The molecule has 1 unspecified atom stereocenters. The molecule has 10 heteroatoms. The van der Waals surface area contributed by atoms with Crippen molar-refractivity contribution in [2.75, 3.05) is 25.0 Å². The molecular formula is C26H29BrN4O4S. The molecule has 1 amide bonds. The number of amides is 1. The molecule has 36 heavy (non-hydrogen) atoms. The van der Waals surface area contributed by atoms with Crippen LogP contribution in [0.15, 0.2) is 33.3 Å². The van der Waals surface area contributed by atoms with Gasteiger partial charge in [0, 0.05) is 21.5 Å². The number of likely N-dealkylation sites (tertiary alicyclic amines) is 1. The number of ether oxygens (including phenoxy) is 1. The van der Waals surface area contributed by atoms with Gasteiger partial charge in [-0.25, -0.2) is 4.79 Å². The van der Waals surface area contributed by atoms with E-state index in [1.165, 1.54) is 16.2 Å². The van der Waals surface area contributed by atoms with Gasteiger partial charge in [0.05, 0.1) is 24.6 Å². The number of hydrogen-bond donors (Lipinski definition) is 1. The molecule has 1 atom stereocenters. The first-order valence-electron chi connectivity index (χ1n) is 12.4. The molecule has 0 bridgehead atoms. The Morgan fingerprint density at radius 3 is 2.83 bits per heavy atom. The normalized spacial score (nSPS) is 18.0. The summed E-state index contributed by atoms with van der Waals surface area (Å²) >= 11 is 4.96. The van der Waals surface area contributed by atoms with Crippen LogP contribution in [0.4, 0.5) is 5.00 Å². The second kappa shape index (κ2) is 11.2. The molecule has 2 aromatic heterocycles. The molecular weight excluding hydrogens is 544 g/mol. The van der Waals surface area contributed by atoms with Crippen molar-refractivity contribution in [2.24, 2.45) is 5.92 Å². The number of hydrogen-bond acceptors (Lipinski definition) is 8. The van der Waals surface area contributed by atoms with Crippen LogP contribution in [0.25, 0.3) is 11.4 Å². The highest BCUT2D eigenvalue weighted by Gasteiger charge is 2.31. The Labute approximate surface area is 222 Å². The first-order chi connectivity index (χ1) is 17.5. The highest BCUT2D eigenvalue weighted by molar-refractivity contribution is 9.10. The molecule has 1 aromatic carbocycles. The van der Waals surface area contributed by atoms with Crippen LogP contribution < -0.4 is 5.32 Å². The summed E-state index contributed by atoms with van der Waals surface area (Å²) in [6.45, 7) is 4.07. The third-order valence-corrected chi connectivity index (χ3v) is 8.43. The van der Waals surface area contributed by atoms with Crippen LogP contribution in [0.1, 0.15) is 59.3 Å². The zero-order chi connectivity index (χ0) is 25.1. The van der Waals surface area contributed by atoms with Crippen LogP contribution in [0, 0.1) is 5.92 Å². The number of aryl methyl sites for hydroxylation is 1. The van der Waals surface area contributed by atoms with Crippen LogP contribution >= 0.6 is 27.3 Å². The Balaban J connectivity index is 1.25. The summed E-state index contributed by atoms with van der Waals surface area (Å²) in [6, 6.07) is 7.76. The number of aromatic nitrogens is 2. The van der Waals surface area contributed by atoms with Gasteiger partial charge in [0.1, 0.15) is 5.00 Å². The molecule has 1 fully saturated rings. The molecule has 3 heterocycles. The predicted octanol–water partition coefficient (Wildman–Crippen LogP) is 5.47. The van der Waals surface area contributed by atoms with E-state index >= 15 is 0 Å². The summed E-state index contributed by atoms with van der Waals surface area (Å²) in [6.07, 6.45) is 5.68. The number of anilines is 1. The molecule has 0 radical (unpaired) electrons. The second-order valence-corrected chi connectivity index (χ2v) is 11.2. The average Bonchev–Trinajstić information content (AvgIpc) is 3.49. The standard InChI is InChI=1S/C26H29BrN4O4S/c1-2-34-26(33)22-19-7-3-4-8-20(19)36-25(22)29-24(32)17-6-5-13-31(14-17)15-21-28-23(30-35-21)16-9-11-18(27)12-10-16/h9-12,17H,2-8,13-15H2,1H3,(H,29,32). The van der Waals surface area contributed by atoms with Gasteiger partial charge >= 0.3 is 5.97 Å². The van der Waals surface area contributed by atoms with Crippen molar-refractivity contribution in [3.8, 4) is 11.4 Å². The Kier molecular flexibility index (Phi) is 7.83. The number of nitrogens with zero attached hydrogens (tertiary/aromatic N) is 3. The lowest BCUT2D eigenvalue weighted by Crippen LogP contribution is -2.40. The van der Waals surface area contributed by atoms with Crippen LogP contribution in [0.3, 0.4) is 0 Å². The van der Waals surface area contributed by atoms with E-state index in [0.717, 1.165) is 60.7 Å². The first kappa shape index (κ1) is 25.1. The number of thiophene rings is 1. The number of fused-ring (bicyclic) bond motifs is 1. The van der Waals surface area contributed by atoms with Gasteiger partial charge in [-0.3, -0.25) is 9.69 Å². The molecule has 2 aliphatic rings. The number of halogens is 1. The Hall–Kier alpha value is -2.56. The first-order valence-corrected chi connectivity index (χ1v) is 14.1. The van der Waals surface area contributed by atoms with Gasteiger partial charge in [0.25, 0.3) is 0 Å². The van der Waals surface area contributed by atoms with Gasteiger partial charge in [0.2, 0.25) is 17.6 Å². The quantitative estimate of drug-likeness (QED) is 0.375. The van der Waals surface area contributed by atoms with E-state index in [9.17, 15) is 9.59 Å². The lowest BCUT2D eigenvalue weighted by molar-refractivity contribution is -0.121. The van der Waals surface area contributed by atoms with E-state index in [1.807, 2.05) is 24.3 Å². The molecule has 0 saturated carbocycles. The number of rotatable bonds is 7. The van der Waals surface area contributed by atoms with E-state index in [4.69, 9.17) is 9.26 Å². The minimum absolute atomic E-state index is 0.0510. The molecule has 1 aliphatic heterocycles. The van der Waals surface area contributed by atoms with Crippen LogP contribution in [-0.4, -0.2) is 46.6 Å². The number of carbonyl (C=O) groups is 2. The van der Waals surface area contributed by atoms with E-state index < -0.39 is 0 Å². The van der Waals surface area contributed by atoms with Gasteiger partial charge in [-0.15, -0.1) is 11.3 Å². The number of esters is 1. The van der Waals surface area contributed by atoms with Crippen molar-refractivity contribution in [2.45, 2.75) is 52.0 Å². The van der Waals surface area contributed by atoms with E-state index in [2.05, 4.69) is 36.3 Å². The summed E-state index contributed by atoms with van der Waals surface area (Å²) < 4.78 is 11.8. The smallest absolute Gasteiger partial charge is 0.341 e. The lowest BCUT2D eigenvalue weighted by Gasteiger charge is -2.30. The fraction of sp³-hybridized carbons (Fsp3) is 0.462. The maximum absolute atomic E-state index is 13.3. The van der Waals surface area contributed by atoms with Crippen molar-refractivity contribution in [1.82, 2.24) is 15.0 Å². The topological polar surface area (TPSA) is 97.6 Å². The van der Waals surface area contributed by atoms with Crippen molar-refractivity contribution in [3.63, 3.8) is 0 Å². The molecule has 1 N–H and O–H groups in total. The van der Waals surface area contributed by atoms with Gasteiger partial charge in [-0.1, -0.05) is 21.1 Å². The monoisotopic (exact) mass is 572 g/mol. The van der Waals surface area contributed by atoms with Crippen molar-refractivity contribution in [3.05, 3.63) is 50.6 Å². The SMILES string of the molecule is CCOC(=O)c1c(NC(=O)C2CCCN(Cc3nc(-c4ccc(Br)cc4)no3)C2)sc2c1CCCC2. The molecule has 8 nitrogen and oxygen atoms in total. The molecule has 1 saturated heterocycles. The number of piperidine rings is 1. The number of nitrogens with one attached hydrogen (secondary N) is 1. The van der Waals surface area contributed by atoms with E-state index in [1.54, 1.807) is 6.92 Å². The largest absolute Gasteiger partial charge is 0.462 e. The minimum atomic E-state index is -0.338. The minimum Gasteiger partial charge on any atom is -0.462 e. The second-order valence-electron chi connectivity index (χ2n) is 9.22. The number of benzene rings is 1. The maximum atomic E-state index is 13.3. The molecule has 5 rings (SSSR count). The summed E-state index contributed by atoms with van der Waals surface area (Å²) in [5, 5.41) is 7.84. The van der Waals surface area contributed by atoms with Gasteiger partial charge < -0.3 is 14.6 Å². The van der Waals surface area contributed by atoms with Gasteiger partial charge in [-0.05, 0) is 81.8 Å². The third kappa shape index (κ3) is 5.55. The third-order valence-electron chi connectivity index (χ3n) is 6.69. The molecule has 0 spiro atoms. The predicted molar refractivity (Wildman–Crippen MR) is 141 cm³/mol. The molecule has 190 valence electrons. The van der Waals surface area contributed by atoms with Crippen molar-refractivity contribution in [1.29, 1.82) is 0 Å². The number of carbonyl (C=O) groups excluding carboxylic acids is 2.